The molecule has 0 bridgehead atoms. The molecular formula is C6H9F3NO3S+. The fourth-order valence-corrected chi connectivity index (χ4v) is 1.47. The van der Waals surface area contributed by atoms with Crippen LogP contribution in [-0.2, 0) is 14.3 Å². The molecule has 0 aromatic carbocycles. The van der Waals surface area contributed by atoms with Gasteiger partial charge in [-0.25, -0.2) is 0 Å². The van der Waals surface area contributed by atoms with Crippen LogP contribution in [0.3, 0.4) is 0 Å². The molecule has 0 saturated carbocycles. The van der Waals surface area contributed by atoms with Crippen molar-refractivity contribution in [2.24, 2.45) is 0 Å². The maximum atomic E-state index is 11.8. The van der Waals surface area contributed by atoms with E-state index >= 15 is 0 Å². The molecule has 82 valence electrons. The zero-order valence-electron chi connectivity index (χ0n) is 7.04. The molecular weight excluding hydrogens is 223 g/mol. The molecule has 1 aliphatic heterocycles. The Kier molecular flexibility index (Phi) is 3.05. The second-order valence-electron chi connectivity index (χ2n) is 2.72. The number of hydrogen-bond acceptors (Lipinski definition) is 3. The molecule has 0 amide bonds. The Morgan fingerprint density at radius 3 is 2.50 bits per heavy atom. The van der Waals surface area contributed by atoms with Gasteiger partial charge in [-0.3, -0.25) is 0 Å². The summed E-state index contributed by atoms with van der Waals surface area (Å²) in [5, 5.41) is 1.83. The molecule has 0 atom stereocenters. The second kappa shape index (κ2) is 3.77. The van der Waals surface area contributed by atoms with Crippen molar-refractivity contribution in [2.45, 2.75) is 11.9 Å². The fourth-order valence-electron chi connectivity index (χ4n) is 0.943. The third-order valence-electron chi connectivity index (χ3n) is 1.61. The number of rotatable bonds is 2. The summed E-state index contributed by atoms with van der Waals surface area (Å²) < 4.78 is 60.5. The fraction of sp³-hybridized carbons (Fsp3) is 0.667. The molecule has 0 aliphatic carbocycles. The van der Waals surface area contributed by atoms with E-state index in [-0.39, 0.29) is 12.2 Å². The van der Waals surface area contributed by atoms with Crippen LogP contribution in [0.2, 0.25) is 0 Å². The van der Waals surface area contributed by atoms with E-state index in [2.05, 4.69) is 4.18 Å². The van der Waals surface area contributed by atoms with Gasteiger partial charge in [0.15, 0.2) is 0 Å². The van der Waals surface area contributed by atoms with Crippen LogP contribution in [0.5, 0.6) is 0 Å². The molecule has 0 aromatic rings. The molecule has 8 heteroatoms. The SMILES string of the molecule is O=S(=O)(OC1=CC[NH2+]CC1)C(F)(F)F. The van der Waals surface area contributed by atoms with Crippen LogP contribution in [0, 0.1) is 0 Å². The number of nitrogens with two attached hydrogens (primary N) is 1. The maximum absolute atomic E-state index is 11.8. The van der Waals surface area contributed by atoms with Gasteiger partial charge in [0.25, 0.3) is 0 Å². The minimum absolute atomic E-state index is 0.134. The molecule has 0 aromatic heterocycles. The van der Waals surface area contributed by atoms with Crippen molar-refractivity contribution < 1.29 is 31.1 Å². The third-order valence-corrected chi connectivity index (χ3v) is 2.61. The molecule has 1 rings (SSSR count). The predicted octanol–water partition coefficient (Wildman–Crippen LogP) is -0.296. The Labute approximate surface area is 78.9 Å². The summed E-state index contributed by atoms with van der Waals surface area (Å²) >= 11 is 0. The summed E-state index contributed by atoms with van der Waals surface area (Å²) in [5.41, 5.74) is -5.35. The van der Waals surface area contributed by atoms with Crippen LogP contribution in [0.4, 0.5) is 13.2 Å². The minimum Gasteiger partial charge on any atom is -0.380 e. The van der Waals surface area contributed by atoms with Crippen LogP contribution >= 0.6 is 0 Å². The van der Waals surface area contributed by atoms with Gasteiger partial charge in [0, 0.05) is 6.08 Å². The largest absolute Gasteiger partial charge is 0.534 e. The first-order valence-electron chi connectivity index (χ1n) is 3.84. The van der Waals surface area contributed by atoms with E-state index in [4.69, 9.17) is 0 Å². The van der Waals surface area contributed by atoms with Crippen molar-refractivity contribution in [3.05, 3.63) is 11.8 Å². The lowest BCUT2D eigenvalue weighted by Gasteiger charge is -2.14. The van der Waals surface area contributed by atoms with E-state index in [1.165, 1.54) is 6.08 Å². The Hall–Kier alpha value is -0.760. The highest BCUT2D eigenvalue weighted by molar-refractivity contribution is 7.87. The lowest BCUT2D eigenvalue weighted by molar-refractivity contribution is -0.648. The monoisotopic (exact) mass is 232 g/mol. The van der Waals surface area contributed by atoms with E-state index < -0.39 is 15.6 Å². The second-order valence-corrected chi connectivity index (χ2v) is 4.25. The lowest BCUT2D eigenvalue weighted by Crippen LogP contribution is -2.85. The van der Waals surface area contributed by atoms with Gasteiger partial charge in [0.2, 0.25) is 0 Å². The quantitative estimate of drug-likeness (QED) is 0.525. The van der Waals surface area contributed by atoms with Crippen molar-refractivity contribution in [2.75, 3.05) is 13.1 Å². The van der Waals surface area contributed by atoms with Crippen LogP contribution < -0.4 is 5.32 Å². The summed E-state index contributed by atoms with van der Waals surface area (Å²) in [4.78, 5) is 0. The topological polar surface area (TPSA) is 60.0 Å². The van der Waals surface area contributed by atoms with E-state index in [9.17, 15) is 21.6 Å². The summed E-state index contributed by atoms with van der Waals surface area (Å²) in [7, 11) is -5.48. The van der Waals surface area contributed by atoms with Gasteiger partial charge in [-0.1, -0.05) is 0 Å². The lowest BCUT2D eigenvalue weighted by atomic mass is 10.3. The van der Waals surface area contributed by atoms with Crippen molar-refractivity contribution in [3.63, 3.8) is 0 Å². The molecule has 1 heterocycles. The number of hydrogen-bond donors (Lipinski definition) is 1. The highest BCUT2D eigenvalue weighted by Gasteiger charge is 2.48. The first-order chi connectivity index (χ1) is 6.33. The summed E-state index contributed by atoms with van der Waals surface area (Å²) in [6.07, 6.45) is 1.52. The summed E-state index contributed by atoms with van der Waals surface area (Å²) in [6, 6.07) is 0. The Morgan fingerprint density at radius 2 is 2.07 bits per heavy atom. The third kappa shape index (κ3) is 2.61. The maximum Gasteiger partial charge on any atom is 0.534 e. The van der Waals surface area contributed by atoms with Gasteiger partial charge in [0.05, 0.1) is 19.5 Å². The highest BCUT2D eigenvalue weighted by atomic mass is 32.2. The van der Waals surface area contributed by atoms with Crippen molar-refractivity contribution in [1.29, 1.82) is 0 Å². The van der Waals surface area contributed by atoms with Gasteiger partial charge >= 0.3 is 15.6 Å². The molecule has 0 unspecified atom stereocenters. The predicted molar refractivity (Wildman–Crippen MR) is 40.4 cm³/mol. The van der Waals surface area contributed by atoms with Crippen LogP contribution in [0.25, 0.3) is 0 Å². The summed E-state index contributed by atoms with van der Waals surface area (Å²) in [5.74, 6) is -0.134. The van der Waals surface area contributed by atoms with Gasteiger partial charge in [-0.05, 0) is 0 Å². The van der Waals surface area contributed by atoms with Gasteiger partial charge < -0.3 is 9.50 Å². The Bertz CT molecular complexity index is 333. The van der Waals surface area contributed by atoms with Crippen molar-refractivity contribution in [1.82, 2.24) is 0 Å². The standard InChI is InChI=1S/C6H8F3NO3S/c7-6(8,9)14(11,12)13-5-1-3-10-4-2-5/h1,10H,2-4H2/p+1. The van der Waals surface area contributed by atoms with Crippen LogP contribution in [0.15, 0.2) is 11.8 Å². The molecule has 0 fully saturated rings. The van der Waals surface area contributed by atoms with Gasteiger partial charge in [-0.2, -0.15) is 21.6 Å². The van der Waals surface area contributed by atoms with Crippen molar-refractivity contribution >= 4 is 10.1 Å². The van der Waals surface area contributed by atoms with E-state index in [0.717, 1.165) is 0 Å². The van der Waals surface area contributed by atoms with Crippen LogP contribution in [-0.4, -0.2) is 27.0 Å². The highest BCUT2D eigenvalue weighted by Crippen LogP contribution is 2.27. The molecule has 4 nitrogen and oxygen atoms in total. The molecule has 0 spiro atoms. The smallest absolute Gasteiger partial charge is 0.380 e. The molecule has 1 aliphatic rings. The van der Waals surface area contributed by atoms with Gasteiger partial charge in [0.1, 0.15) is 5.76 Å². The molecule has 0 saturated heterocycles. The average molecular weight is 232 g/mol. The zero-order chi connectivity index (χ0) is 10.8. The Morgan fingerprint density at radius 1 is 1.43 bits per heavy atom. The number of halogens is 3. The average Bonchev–Trinajstić information content (AvgIpc) is 2.03. The Balaban J connectivity index is 2.73. The normalized spacial score (nSPS) is 18.9. The minimum atomic E-state index is -5.48. The van der Waals surface area contributed by atoms with E-state index in [1.54, 1.807) is 0 Å². The molecule has 14 heavy (non-hydrogen) atoms. The number of alkyl halides is 3. The van der Waals surface area contributed by atoms with Crippen molar-refractivity contribution in [3.8, 4) is 0 Å². The molecule has 2 N–H and O–H groups in total. The number of quaternary nitrogens is 1. The first-order valence-corrected chi connectivity index (χ1v) is 5.25. The van der Waals surface area contributed by atoms with Gasteiger partial charge in [-0.15, -0.1) is 0 Å². The first kappa shape index (κ1) is 11.3. The molecule has 0 radical (unpaired) electrons. The van der Waals surface area contributed by atoms with E-state index in [0.29, 0.717) is 13.1 Å². The zero-order valence-corrected chi connectivity index (χ0v) is 7.86. The van der Waals surface area contributed by atoms with Crippen LogP contribution in [0.1, 0.15) is 6.42 Å². The van der Waals surface area contributed by atoms with E-state index in [1.807, 2.05) is 5.32 Å². The summed E-state index contributed by atoms with van der Waals surface area (Å²) in [6.45, 7) is 0.960.